The first-order chi connectivity index (χ1) is 8.33. The summed E-state index contributed by atoms with van der Waals surface area (Å²) in [6, 6.07) is 0. The Hall–Kier alpha value is -0.720. The van der Waals surface area contributed by atoms with E-state index in [-0.39, 0.29) is 13.2 Å². The van der Waals surface area contributed by atoms with Gasteiger partial charge in [-0.15, -0.1) is 13.2 Å². The van der Waals surface area contributed by atoms with Crippen molar-refractivity contribution in [3.8, 4) is 0 Å². The van der Waals surface area contributed by atoms with E-state index in [9.17, 15) is 0 Å². The monoisotopic (exact) mass is 248 g/mol. The van der Waals surface area contributed by atoms with Gasteiger partial charge in [0.1, 0.15) is 0 Å². The maximum atomic E-state index is 8.26. The third-order valence-electron chi connectivity index (χ3n) is 1.31. The molecule has 102 valence electrons. The van der Waals surface area contributed by atoms with Crippen LogP contribution in [0.3, 0.4) is 0 Å². The lowest BCUT2D eigenvalue weighted by Gasteiger charge is -2.01. The van der Waals surface area contributed by atoms with Crippen molar-refractivity contribution in [3.63, 3.8) is 0 Å². The molecule has 0 fully saturated rings. The molecule has 0 rings (SSSR count). The van der Waals surface area contributed by atoms with Crippen LogP contribution in [-0.2, 0) is 14.2 Å². The molecule has 0 aliphatic heterocycles. The van der Waals surface area contributed by atoms with E-state index in [4.69, 9.17) is 24.4 Å². The van der Waals surface area contributed by atoms with Crippen molar-refractivity contribution in [3.05, 3.63) is 25.3 Å². The molecular weight excluding hydrogens is 224 g/mol. The van der Waals surface area contributed by atoms with Crippen molar-refractivity contribution in [2.24, 2.45) is 0 Å². The van der Waals surface area contributed by atoms with Crippen molar-refractivity contribution >= 4 is 0 Å². The normalized spacial score (nSPS) is 9.29. The lowest BCUT2D eigenvalue weighted by atomic mass is 10.6. The molecule has 0 saturated heterocycles. The number of hydrogen-bond acceptors (Lipinski definition) is 5. The fourth-order valence-corrected chi connectivity index (χ4v) is 0.686. The molecule has 0 aromatic rings. The summed E-state index contributed by atoms with van der Waals surface area (Å²) in [6.07, 6.45) is 3.42. The average molecular weight is 248 g/mol. The van der Waals surface area contributed by atoms with Gasteiger partial charge in [0.05, 0.1) is 52.9 Å². The van der Waals surface area contributed by atoms with Gasteiger partial charge in [-0.3, -0.25) is 0 Å². The highest BCUT2D eigenvalue weighted by atomic mass is 16.5. The third-order valence-corrected chi connectivity index (χ3v) is 1.31. The van der Waals surface area contributed by atoms with Crippen LogP contribution in [0.4, 0.5) is 0 Å². The molecule has 0 spiro atoms. The second-order valence-electron chi connectivity index (χ2n) is 2.79. The highest BCUT2D eigenvalue weighted by Crippen LogP contribution is 1.76. The molecule has 0 amide bonds. The maximum Gasteiger partial charge on any atom is 0.0701 e. The van der Waals surface area contributed by atoms with Crippen LogP contribution in [0.15, 0.2) is 25.3 Å². The molecule has 0 aromatic heterocycles. The molecule has 0 bridgehead atoms. The van der Waals surface area contributed by atoms with Crippen LogP contribution in [0.25, 0.3) is 0 Å². The summed E-state index contributed by atoms with van der Waals surface area (Å²) in [7, 11) is 0. The predicted octanol–water partition coefficient (Wildman–Crippen LogP) is 0.379. The predicted molar refractivity (Wildman–Crippen MR) is 67.0 cm³/mol. The summed E-state index contributed by atoms with van der Waals surface area (Å²) in [6.45, 7) is 9.91. The molecule has 0 aromatic carbocycles. The summed E-state index contributed by atoms with van der Waals surface area (Å²) in [4.78, 5) is 0. The molecule has 5 heteroatoms. The number of aliphatic hydroxyl groups is 2. The highest BCUT2D eigenvalue weighted by molar-refractivity contribution is 4.68. The number of ether oxygens (including phenoxy) is 3. The first-order valence-corrected chi connectivity index (χ1v) is 5.50. The molecule has 5 nitrogen and oxygen atoms in total. The van der Waals surface area contributed by atoms with Crippen molar-refractivity contribution in [2.45, 2.75) is 0 Å². The average Bonchev–Trinajstić information content (AvgIpc) is 2.35. The van der Waals surface area contributed by atoms with E-state index in [2.05, 4.69) is 13.2 Å². The minimum Gasteiger partial charge on any atom is -0.394 e. The standard InChI is InChI=1S/C6H14O4.C6H10O/c7-1-3-9-5-6-10-4-2-8;1-3-5-7-6-4-2/h7-8H,1-6H2;3-4H,1-2,5-6H2. The van der Waals surface area contributed by atoms with Crippen molar-refractivity contribution in [2.75, 3.05) is 52.9 Å². The van der Waals surface area contributed by atoms with Gasteiger partial charge in [-0.1, -0.05) is 12.2 Å². The summed E-state index contributed by atoms with van der Waals surface area (Å²) in [5, 5.41) is 16.5. The lowest BCUT2D eigenvalue weighted by molar-refractivity contribution is 0.0222. The third kappa shape index (κ3) is 25.5. The van der Waals surface area contributed by atoms with Crippen LogP contribution in [0.1, 0.15) is 0 Å². The largest absolute Gasteiger partial charge is 0.394 e. The van der Waals surface area contributed by atoms with Crippen LogP contribution >= 0.6 is 0 Å². The molecule has 0 heterocycles. The SMILES string of the molecule is C=CCOCC=C.OCCOCCOCCO. The quantitative estimate of drug-likeness (QED) is 0.409. The van der Waals surface area contributed by atoms with Crippen LogP contribution in [0, 0.1) is 0 Å². The summed E-state index contributed by atoms with van der Waals surface area (Å²) < 4.78 is 14.6. The first kappa shape index (κ1) is 18.6. The van der Waals surface area contributed by atoms with E-state index in [0.29, 0.717) is 39.6 Å². The Labute approximate surface area is 103 Å². The van der Waals surface area contributed by atoms with Crippen molar-refractivity contribution in [1.82, 2.24) is 0 Å². The zero-order valence-corrected chi connectivity index (χ0v) is 10.3. The van der Waals surface area contributed by atoms with E-state index in [1.165, 1.54) is 0 Å². The lowest BCUT2D eigenvalue weighted by Crippen LogP contribution is -2.09. The Morgan fingerprint density at radius 2 is 1.12 bits per heavy atom. The van der Waals surface area contributed by atoms with Crippen LogP contribution in [0.2, 0.25) is 0 Å². The number of hydrogen-bond donors (Lipinski definition) is 2. The Balaban J connectivity index is 0. The van der Waals surface area contributed by atoms with E-state index in [1.54, 1.807) is 12.2 Å². The van der Waals surface area contributed by atoms with Crippen molar-refractivity contribution in [1.29, 1.82) is 0 Å². The fourth-order valence-electron chi connectivity index (χ4n) is 0.686. The van der Waals surface area contributed by atoms with Gasteiger partial charge in [-0.25, -0.2) is 0 Å². The van der Waals surface area contributed by atoms with Gasteiger partial charge in [-0.05, 0) is 0 Å². The molecule has 0 unspecified atom stereocenters. The molecular formula is C12H24O5. The highest BCUT2D eigenvalue weighted by Gasteiger charge is 1.86. The van der Waals surface area contributed by atoms with Crippen LogP contribution in [-0.4, -0.2) is 63.1 Å². The van der Waals surface area contributed by atoms with Gasteiger partial charge in [0, 0.05) is 0 Å². The van der Waals surface area contributed by atoms with E-state index in [1.807, 2.05) is 0 Å². The maximum absolute atomic E-state index is 8.26. The molecule has 0 saturated carbocycles. The van der Waals surface area contributed by atoms with Gasteiger partial charge < -0.3 is 24.4 Å². The zero-order chi connectivity index (χ0) is 13.2. The molecule has 2 N–H and O–H groups in total. The molecule has 0 atom stereocenters. The molecule has 0 aliphatic rings. The smallest absolute Gasteiger partial charge is 0.0701 e. The minimum atomic E-state index is 0.0417. The van der Waals surface area contributed by atoms with Gasteiger partial charge in [0.2, 0.25) is 0 Å². The minimum absolute atomic E-state index is 0.0417. The summed E-state index contributed by atoms with van der Waals surface area (Å²) in [5.74, 6) is 0. The second kappa shape index (κ2) is 20.7. The fraction of sp³-hybridized carbons (Fsp3) is 0.667. The van der Waals surface area contributed by atoms with Crippen molar-refractivity contribution < 1.29 is 24.4 Å². The van der Waals surface area contributed by atoms with Gasteiger partial charge in [0.15, 0.2) is 0 Å². The van der Waals surface area contributed by atoms with E-state index >= 15 is 0 Å². The topological polar surface area (TPSA) is 68.2 Å². The first-order valence-electron chi connectivity index (χ1n) is 5.50. The molecule has 0 aliphatic carbocycles. The van der Waals surface area contributed by atoms with Crippen LogP contribution < -0.4 is 0 Å². The van der Waals surface area contributed by atoms with Crippen LogP contribution in [0.5, 0.6) is 0 Å². The number of rotatable bonds is 11. The van der Waals surface area contributed by atoms with E-state index in [0.717, 1.165) is 0 Å². The zero-order valence-electron chi connectivity index (χ0n) is 10.3. The van der Waals surface area contributed by atoms with Gasteiger partial charge >= 0.3 is 0 Å². The number of aliphatic hydroxyl groups excluding tert-OH is 2. The summed E-state index contributed by atoms with van der Waals surface area (Å²) in [5.41, 5.74) is 0. The molecule has 0 radical (unpaired) electrons. The Morgan fingerprint density at radius 1 is 0.706 bits per heavy atom. The van der Waals surface area contributed by atoms with E-state index < -0.39 is 0 Å². The van der Waals surface area contributed by atoms with Gasteiger partial charge in [0.25, 0.3) is 0 Å². The Morgan fingerprint density at radius 3 is 1.41 bits per heavy atom. The Bertz CT molecular complexity index is 134. The van der Waals surface area contributed by atoms with Gasteiger partial charge in [-0.2, -0.15) is 0 Å². The second-order valence-corrected chi connectivity index (χ2v) is 2.79. The molecule has 17 heavy (non-hydrogen) atoms. The summed E-state index contributed by atoms with van der Waals surface area (Å²) >= 11 is 0. The Kier molecular flexibility index (Phi) is 22.7.